The number of hydrogen-bond donors (Lipinski definition) is 0. The lowest BCUT2D eigenvalue weighted by atomic mass is 9.90. The van der Waals surface area contributed by atoms with Crippen molar-refractivity contribution in [3.05, 3.63) is 37.5 Å². The van der Waals surface area contributed by atoms with Crippen molar-refractivity contribution in [1.82, 2.24) is 0 Å². The second kappa shape index (κ2) is 4.80. The Labute approximate surface area is 85.0 Å². The van der Waals surface area contributed by atoms with Gasteiger partial charge >= 0.3 is 5.97 Å². The quantitative estimate of drug-likeness (QED) is 0.505. The van der Waals surface area contributed by atoms with Gasteiger partial charge in [0.2, 0.25) is 0 Å². The summed E-state index contributed by atoms with van der Waals surface area (Å²) in [6.45, 7) is 8.87. The molecule has 2 heteroatoms. The number of esters is 1. The fourth-order valence-corrected chi connectivity index (χ4v) is 1.77. The molecule has 0 saturated heterocycles. The SMILES string of the molecule is C=CC1CC=CC1C(C=C)OC(C)=O. The fraction of sp³-hybridized carbons (Fsp3) is 0.417. The Morgan fingerprint density at radius 3 is 2.86 bits per heavy atom. The molecular formula is C12H16O2. The molecule has 2 nitrogen and oxygen atoms in total. The van der Waals surface area contributed by atoms with E-state index >= 15 is 0 Å². The number of allylic oxidation sites excluding steroid dienone is 2. The van der Waals surface area contributed by atoms with Crippen LogP contribution in [-0.4, -0.2) is 12.1 Å². The molecule has 0 aromatic carbocycles. The van der Waals surface area contributed by atoms with Crippen LogP contribution in [0.15, 0.2) is 37.5 Å². The minimum absolute atomic E-state index is 0.203. The molecule has 76 valence electrons. The highest BCUT2D eigenvalue weighted by Gasteiger charge is 2.28. The summed E-state index contributed by atoms with van der Waals surface area (Å²) in [7, 11) is 0. The Hall–Kier alpha value is -1.31. The summed E-state index contributed by atoms with van der Waals surface area (Å²) in [5.74, 6) is 0.296. The van der Waals surface area contributed by atoms with Crippen molar-refractivity contribution in [2.24, 2.45) is 11.8 Å². The molecule has 14 heavy (non-hydrogen) atoms. The Bertz CT molecular complexity index is 265. The fourth-order valence-electron chi connectivity index (χ4n) is 1.77. The molecular weight excluding hydrogens is 176 g/mol. The van der Waals surface area contributed by atoms with Gasteiger partial charge in [-0.1, -0.05) is 30.9 Å². The first-order valence-corrected chi connectivity index (χ1v) is 4.78. The van der Waals surface area contributed by atoms with Gasteiger partial charge < -0.3 is 4.74 Å². The van der Waals surface area contributed by atoms with Gasteiger partial charge in [-0.25, -0.2) is 0 Å². The average Bonchev–Trinajstić information content (AvgIpc) is 2.61. The maximum atomic E-state index is 10.8. The van der Waals surface area contributed by atoms with Crippen LogP contribution in [0, 0.1) is 11.8 Å². The van der Waals surface area contributed by atoms with Gasteiger partial charge in [0.15, 0.2) is 0 Å². The number of ether oxygens (including phenoxy) is 1. The van der Waals surface area contributed by atoms with Crippen molar-refractivity contribution < 1.29 is 9.53 Å². The molecule has 0 bridgehead atoms. The topological polar surface area (TPSA) is 26.3 Å². The molecule has 0 aromatic rings. The molecule has 3 atom stereocenters. The second-order valence-electron chi connectivity index (χ2n) is 3.45. The molecule has 0 N–H and O–H groups in total. The molecule has 0 amide bonds. The maximum Gasteiger partial charge on any atom is 0.303 e. The highest BCUT2D eigenvalue weighted by molar-refractivity contribution is 5.66. The van der Waals surface area contributed by atoms with Crippen LogP contribution >= 0.6 is 0 Å². The van der Waals surface area contributed by atoms with E-state index < -0.39 is 0 Å². The van der Waals surface area contributed by atoms with Crippen molar-refractivity contribution in [2.45, 2.75) is 19.4 Å². The smallest absolute Gasteiger partial charge is 0.303 e. The monoisotopic (exact) mass is 192 g/mol. The van der Waals surface area contributed by atoms with E-state index in [0.29, 0.717) is 5.92 Å². The molecule has 0 aliphatic heterocycles. The molecule has 0 saturated carbocycles. The van der Waals surface area contributed by atoms with Crippen molar-refractivity contribution in [2.75, 3.05) is 0 Å². The summed E-state index contributed by atoms with van der Waals surface area (Å²) < 4.78 is 5.16. The summed E-state index contributed by atoms with van der Waals surface area (Å²) >= 11 is 0. The van der Waals surface area contributed by atoms with Gasteiger partial charge in [0.25, 0.3) is 0 Å². The van der Waals surface area contributed by atoms with E-state index in [-0.39, 0.29) is 18.0 Å². The minimum Gasteiger partial charge on any atom is -0.458 e. The van der Waals surface area contributed by atoms with Crippen molar-refractivity contribution in [3.63, 3.8) is 0 Å². The van der Waals surface area contributed by atoms with Gasteiger partial charge in [-0.15, -0.1) is 6.58 Å². The maximum absolute atomic E-state index is 10.8. The Morgan fingerprint density at radius 1 is 1.64 bits per heavy atom. The standard InChI is InChI=1S/C12H16O2/c1-4-10-7-6-8-11(10)12(5-2)14-9(3)13/h4-6,8,10-12H,1-2,7H2,3H3. The molecule has 0 spiro atoms. The molecule has 1 aliphatic carbocycles. The highest BCUT2D eigenvalue weighted by atomic mass is 16.5. The lowest BCUT2D eigenvalue weighted by molar-refractivity contribution is -0.145. The van der Waals surface area contributed by atoms with Gasteiger partial charge in [-0.05, 0) is 12.3 Å². The molecule has 0 heterocycles. The second-order valence-corrected chi connectivity index (χ2v) is 3.45. The van der Waals surface area contributed by atoms with E-state index in [4.69, 9.17) is 4.74 Å². The Kier molecular flexibility index (Phi) is 3.69. The summed E-state index contributed by atoms with van der Waals surface area (Å²) in [5.41, 5.74) is 0. The first-order chi connectivity index (χ1) is 6.69. The van der Waals surface area contributed by atoms with Crippen LogP contribution in [0.5, 0.6) is 0 Å². The van der Waals surface area contributed by atoms with Crippen molar-refractivity contribution >= 4 is 5.97 Å². The summed E-state index contributed by atoms with van der Waals surface area (Å²) in [6, 6.07) is 0. The lowest BCUT2D eigenvalue weighted by Gasteiger charge is -2.23. The summed E-state index contributed by atoms with van der Waals surface area (Å²) in [5, 5.41) is 0. The third kappa shape index (κ3) is 2.34. The normalized spacial score (nSPS) is 26.9. The van der Waals surface area contributed by atoms with Crippen LogP contribution in [0.3, 0.4) is 0 Å². The van der Waals surface area contributed by atoms with Crippen molar-refractivity contribution in [3.8, 4) is 0 Å². The zero-order valence-electron chi connectivity index (χ0n) is 8.48. The third-order valence-electron chi connectivity index (χ3n) is 2.48. The number of hydrogen-bond acceptors (Lipinski definition) is 2. The summed E-state index contributed by atoms with van der Waals surface area (Å²) in [4.78, 5) is 10.8. The number of carbonyl (C=O) groups is 1. The zero-order chi connectivity index (χ0) is 10.6. The van der Waals surface area contributed by atoms with E-state index in [1.54, 1.807) is 6.08 Å². The van der Waals surface area contributed by atoms with Crippen molar-refractivity contribution in [1.29, 1.82) is 0 Å². The van der Waals surface area contributed by atoms with E-state index in [0.717, 1.165) is 6.42 Å². The van der Waals surface area contributed by atoms with Crippen LogP contribution in [-0.2, 0) is 9.53 Å². The first kappa shape index (κ1) is 10.8. The minimum atomic E-state index is -0.266. The van der Waals surface area contributed by atoms with E-state index in [1.165, 1.54) is 6.92 Å². The molecule has 0 aromatic heterocycles. The van der Waals surface area contributed by atoms with Gasteiger partial charge in [0.1, 0.15) is 6.10 Å². The van der Waals surface area contributed by atoms with Crippen LogP contribution in [0.1, 0.15) is 13.3 Å². The van der Waals surface area contributed by atoms with Crippen LogP contribution < -0.4 is 0 Å². The molecule has 1 aliphatic rings. The molecule has 0 radical (unpaired) electrons. The van der Waals surface area contributed by atoms with Gasteiger partial charge in [0.05, 0.1) is 0 Å². The van der Waals surface area contributed by atoms with E-state index in [2.05, 4.69) is 25.3 Å². The van der Waals surface area contributed by atoms with Crippen LogP contribution in [0.4, 0.5) is 0 Å². The number of rotatable bonds is 4. The molecule has 0 fully saturated rings. The lowest BCUT2D eigenvalue weighted by Crippen LogP contribution is -2.25. The summed E-state index contributed by atoms with van der Waals surface area (Å²) in [6.07, 6.45) is 8.50. The van der Waals surface area contributed by atoms with E-state index in [1.807, 2.05) is 6.08 Å². The Balaban J connectivity index is 2.67. The average molecular weight is 192 g/mol. The third-order valence-corrected chi connectivity index (χ3v) is 2.48. The molecule has 3 unspecified atom stereocenters. The predicted molar refractivity (Wildman–Crippen MR) is 56.7 cm³/mol. The van der Waals surface area contributed by atoms with Gasteiger partial charge in [-0.2, -0.15) is 0 Å². The molecule has 1 rings (SSSR count). The van der Waals surface area contributed by atoms with Crippen LogP contribution in [0.25, 0.3) is 0 Å². The Morgan fingerprint density at radius 2 is 2.36 bits per heavy atom. The van der Waals surface area contributed by atoms with E-state index in [9.17, 15) is 4.79 Å². The predicted octanol–water partition coefficient (Wildman–Crippen LogP) is 2.48. The highest BCUT2D eigenvalue weighted by Crippen LogP contribution is 2.30. The van der Waals surface area contributed by atoms with Gasteiger partial charge in [0, 0.05) is 12.8 Å². The first-order valence-electron chi connectivity index (χ1n) is 4.78. The van der Waals surface area contributed by atoms with Gasteiger partial charge in [-0.3, -0.25) is 4.79 Å². The largest absolute Gasteiger partial charge is 0.458 e. The zero-order valence-corrected chi connectivity index (χ0v) is 8.48. The van der Waals surface area contributed by atoms with Crippen LogP contribution in [0.2, 0.25) is 0 Å². The number of carbonyl (C=O) groups excluding carboxylic acids is 1.